The summed E-state index contributed by atoms with van der Waals surface area (Å²) < 4.78 is 4.75. The van der Waals surface area contributed by atoms with E-state index < -0.39 is 17.4 Å². The molecule has 1 rings (SSSR count). The Hall–Kier alpha value is -1.59. The van der Waals surface area contributed by atoms with Crippen LogP contribution in [-0.2, 0) is 19.1 Å². The molecule has 1 atom stereocenters. The van der Waals surface area contributed by atoms with E-state index in [9.17, 15) is 14.4 Å². The Morgan fingerprint density at radius 3 is 2.50 bits per heavy atom. The number of nitrogens with one attached hydrogen (secondary N) is 1. The molecule has 0 bridgehead atoms. The van der Waals surface area contributed by atoms with Crippen molar-refractivity contribution in [1.82, 2.24) is 10.2 Å². The lowest BCUT2D eigenvalue weighted by Gasteiger charge is -2.30. The molecule has 1 heterocycles. The predicted octanol–water partition coefficient (Wildman–Crippen LogP) is 0.703. The lowest BCUT2D eigenvalue weighted by atomic mass is 9.94. The van der Waals surface area contributed by atoms with Gasteiger partial charge < -0.3 is 15.0 Å². The quantitative estimate of drug-likeness (QED) is 0.771. The van der Waals surface area contributed by atoms with Crippen LogP contribution in [0.4, 0.5) is 0 Å². The lowest BCUT2D eigenvalue weighted by Crippen LogP contribution is -2.50. The van der Waals surface area contributed by atoms with Crippen LogP contribution in [0.5, 0.6) is 0 Å². The van der Waals surface area contributed by atoms with Gasteiger partial charge in [-0.3, -0.25) is 14.4 Å². The van der Waals surface area contributed by atoms with Gasteiger partial charge >= 0.3 is 5.97 Å². The van der Waals surface area contributed by atoms with Gasteiger partial charge in [-0.2, -0.15) is 0 Å². The first kappa shape index (κ1) is 16.5. The van der Waals surface area contributed by atoms with Crippen LogP contribution in [0.2, 0.25) is 0 Å². The Morgan fingerprint density at radius 1 is 1.30 bits per heavy atom. The summed E-state index contributed by atoms with van der Waals surface area (Å²) in [5.41, 5.74) is -0.510. The molecule has 0 spiro atoms. The Kier molecular flexibility index (Phi) is 5.53. The maximum atomic E-state index is 12.3. The van der Waals surface area contributed by atoms with Gasteiger partial charge in [0.25, 0.3) is 0 Å². The molecule has 20 heavy (non-hydrogen) atoms. The van der Waals surface area contributed by atoms with Crippen LogP contribution in [0.25, 0.3) is 0 Å². The maximum Gasteiger partial charge on any atom is 0.325 e. The molecule has 0 aromatic heterocycles. The summed E-state index contributed by atoms with van der Waals surface area (Å²) in [5.74, 6) is -0.785. The van der Waals surface area contributed by atoms with E-state index >= 15 is 0 Å². The third-order valence-electron chi connectivity index (χ3n) is 3.17. The van der Waals surface area contributed by atoms with Crippen molar-refractivity contribution in [1.29, 1.82) is 0 Å². The molecule has 1 aliphatic rings. The van der Waals surface area contributed by atoms with Gasteiger partial charge in [0.05, 0.1) is 6.61 Å². The van der Waals surface area contributed by atoms with Gasteiger partial charge in [0.15, 0.2) is 0 Å². The van der Waals surface area contributed by atoms with Crippen molar-refractivity contribution < 1.29 is 19.1 Å². The number of esters is 1. The van der Waals surface area contributed by atoms with Crippen molar-refractivity contribution in [3.05, 3.63) is 0 Å². The number of rotatable bonds is 4. The number of carbonyl (C=O) groups excluding carboxylic acids is 3. The van der Waals surface area contributed by atoms with Crippen LogP contribution in [0.15, 0.2) is 0 Å². The molecule has 1 unspecified atom stereocenters. The van der Waals surface area contributed by atoms with Crippen LogP contribution in [0.1, 0.15) is 40.5 Å². The van der Waals surface area contributed by atoms with Crippen LogP contribution in [0, 0.1) is 5.41 Å². The van der Waals surface area contributed by atoms with E-state index in [1.54, 1.807) is 11.8 Å². The Labute approximate surface area is 119 Å². The zero-order valence-corrected chi connectivity index (χ0v) is 12.7. The van der Waals surface area contributed by atoms with Gasteiger partial charge in [-0.1, -0.05) is 20.8 Å². The molecule has 6 heteroatoms. The molecule has 6 nitrogen and oxygen atoms in total. The van der Waals surface area contributed by atoms with Gasteiger partial charge in [-0.25, -0.2) is 0 Å². The molecular formula is C14H24N2O4. The molecule has 0 aromatic rings. The van der Waals surface area contributed by atoms with Crippen molar-refractivity contribution in [2.24, 2.45) is 5.41 Å². The number of hydrogen-bond acceptors (Lipinski definition) is 4. The van der Waals surface area contributed by atoms with Gasteiger partial charge in [0, 0.05) is 12.0 Å². The zero-order valence-electron chi connectivity index (χ0n) is 12.7. The van der Waals surface area contributed by atoms with E-state index in [0.29, 0.717) is 13.0 Å². The number of likely N-dealkylation sites (tertiary alicyclic amines) is 1. The van der Waals surface area contributed by atoms with E-state index in [2.05, 4.69) is 5.32 Å². The van der Waals surface area contributed by atoms with Crippen molar-refractivity contribution in [2.75, 3.05) is 19.7 Å². The summed E-state index contributed by atoms with van der Waals surface area (Å²) in [6, 6.07) is -0.476. The Balaban J connectivity index is 2.58. The fourth-order valence-electron chi connectivity index (χ4n) is 2.20. The minimum atomic E-state index is -0.510. The van der Waals surface area contributed by atoms with Gasteiger partial charge in [0.2, 0.25) is 11.8 Å². The third-order valence-corrected chi connectivity index (χ3v) is 3.17. The monoisotopic (exact) mass is 284 g/mol. The molecule has 1 N–H and O–H groups in total. The number of amides is 2. The molecule has 0 radical (unpaired) electrons. The minimum Gasteiger partial charge on any atom is -0.465 e. The topological polar surface area (TPSA) is 75.7 Å². The van der Waals surface area contributed by atoms with Crippen LogP contribution in [0.3, 0.4) is 0 Å². The number of ether oxygens (including phenoxy) is 1. The molecular weight excluding hydrogens is 260 g/mol. The fraction of sp³-hybridized carbons (Fsp3) is 0.786. The predicted molar refractivity (Wildman–Crippen MR) is 73.8 cm³/mol. The summed E-state index contributed by atoms with van der Waals surface area (Å²) in [5, 5.41) is 2.54. The van der Waals surface area contributed by atoms with Crippen molar-refractivity contribution in [3.8, 4) is 0 Å². The zero-order chi connectivity index (χ0) is 15.3. The summed E-state index contributed by atoms with van der Waals surface area (Å²) >= 11 is 0. The van der Waals surface area contributed by atoms with Crippen molar-refractivity contribution >= 4 is 17.8 Å². The number of carbonyl (C=O) groups is 3. The summed E-state index contributed by atoms with van der Waals surface area (Å²) in [6.07, 6.45) is 1.44. The molecule has 1 aliphatic heterocycles. The number of nitrogens with zero attached hydrogens (tertiary/aromatic N) is 1. The number of hydrogen-bond donors (Lipinski definition) is 1. The molecule has 0 saturated carbocycles. The van der Waals surface area contributed by atoms with E-state index in [1.165, 1.54) is 0 Å². The van der Waals surface area contributed by atoms with Gasteiger partial charge in [0.1, 0.15) is 12.6 Å². The largest absolute Gasteiger partial charge is 0.465 e. The normalized spacial score (nSPS) is 18.8. The first-order valence-corrected chi connectivity index (χ1v) is 7.01. The second-order valence-corrected chi connectivity index (χ2v) is 5.93. The second kappa shape index (κ2) is 6.72. The summed E-state index contributed by atoms with van der Waals surface area (Å²) in [6.45, 7) is 7.94. The standard InChI is InChI=1S/C14H24N2O4/c1-5-20-11(17)9-15-12(18)10-7-6-8-16(10)13(19)14(2,3)4/h10H,5-9H2,1-4H3,(H,15,18). The maximum absolute atomic E-state index is 12.3. The summed E-state index contributed by atoms with van der Waals surface area (Å²) in [4.78, 5) is 37.2. The second-order valence-electron chi connectivity index (χ2n) is 5.93. The highest BCUT2D eigenvalue weighted by molar-refractivity contribution is 5.91. The van der Waals surface area contributed by atoms with Crippen LogP contribution < -0.4 is 5.32 Å². The van der Waals surface area contributed by atoms with E-state index in [-0.39, 0.29) is 25.0 Å². The van der Waals surface area contributed by atoms with Crippen molar-refractivity contribution in [2.45, 2.75) is 46.6 Å². The highest BCUT2D eigenvalue weighted by Crippen LogP contribution is 2.25. The molecule has 114 valence electrons. The molecule has 2 amide bonds. The van der Waals surface area contributed by atoms with E-state index in [0.717, 1.165) is 6.42 Å². The fourth-order valence-corrected chi connectivity index (χ4v) is 2.20. The van der Waals surface area contributed by atoms with E-state index in [4.69, 9.17) is 4.74 Å². The Morgan fingerprint density at radius 2 is 1.95 bits per heavy atom. The average molecular weight is 284 g/mol. The molecule has 0 aromatic carbocycles. The minimum absolute atomic E-state index is 0.0358. The highest BCUT2D eigenvalue weighted by Gasteiger charge is 2.38. The SMILES string of the molecule is CCOC(=O)CNC(=O)C1CCCN1C(=O)C(C)(C)C. The first-order chi connectivity index (χ1) is 9.27. The summed E-state index contributed by atoms with van der Waals surface area (Å²) in [7, 11) is 0. The first-order valence-electron chi connectivity index (χ1n) is 7.01. The van der Waals surface area contributed by atoms with Gasteiger partial charge in [-0.15, -0.1) is 0 Å². The van der Waals surface area contributed by atoms with Gasteiger partial charge in [-0.05, 0) is 19.8 Å². The third kappa shape index (κ3) is 4.21. The van der Waals surface area contributed by atoms with Crippen LogP contribution >= 0.6 is 0 Å². The smallest absolute Gasteiger partial charge is 0.325 e. The van der Waals surface area contributed by atoms with E-state index in [1.807, 2.05) is 20.8 Å². The van der Waals surface area contributed by atoms with Crippen molar-refractivity contribution in [3.63, 3.8) is 0 Å². The molecule has 1 fully saturated rings. The Bertz CT molecular complexity index is 387. The molecule has 0 aliphatic carbocycles. The highest BCUT2D eigenvalue weighted by atomic mass is 16.5. The molecule has 1 saturated heterocycles. The lowest BCUT2D eigenvalue weighted by molar-refractivity contribution is -0.146. The average Bonchev–Trinajstić information content (AvgIpc) is 2.83. The van der Waals surface area contributed by atoms with Crippen LogP contribution in [-0.4, -0.2) is 48.4 Å².